The molecule has 0 amide bonds. The predicted molar refractivity (Wildman–Crippen MR) is 125 cm³/mol. The van der Waals surface area contributed by atoms with Gasteiger partial charge in [-0.15, -0.1) is 0 Å². The second kappa shape index (κ2) is 7.95. The first kappa shape index (κ1) is 19.3. The molecule has 6 heteroatoms. The SMILES string of the molecule is Fc1ccc(-c2cncc3[nH]c(C4=NCCc5cnc(C6CCNCC6)cc54)cc23)cc1. The number of aromatic nitrogens is 3. The van der Waals surface area contributed by atoms with Crippen LogP contribution in [0.4, 0.5) is 4.39 Å². The van der Waals surface area contributed by atoms with Crippen LogP contribution < -0.4 is 5.32 Å². The summed E-state index contributed by atoms with van der Waals surface area (Å²) in [4.78, 5) is 17.7. The number of nitrogens with zero attached hydrogens (tertiary/aromatic N) is 3. The van der Waals surface area contributed by atoms with Gasteiger partial charge in [0.15, 0.2) is 0 Å². The number of benzene rings is 1. The molecule has 0 unspecified atom stereocenters. The molecule has 0 radical (unpaired) electrons. The lowest BCUT2D eigenvalue weighted by atomic mass is 9.90. The van der Waals surface area contributed by atoms with Gasteiger partial charge in [0.2, 0.25) is 0 Å². The Bertz CT molecular complexity index is 1320. The number of fused-ring (bicyclic) bond motifs is 2. The summed E-state index contributed by atoms with van der Waals surface area (Å²) in [7, 11) is 0. The predicted octanol–water partition coefficient (Wildman–Crippen LogP) is 4.62. The second-order valence-electron chi connectivity index (χ2n) is 8.61. The van der Waals surface area contributed by atoms with Gasteiger partial charge < -0.3 is 10.3 Å². The van der Waals surface area contributed by atoms with Gasteiger partial charge >= 0.3 is 0 Å². The zero-order valence-electron chi connectivity index (χ0n) is 17.7. The van der Waals surface area contributed by atoms with Crippen LogP contribution in [0, 0.1) is 5.82 Å². The summed E-state index contributed by atoms with van der Waals surface area (Å²) >= 11 is 0. The van der Waals surface area contributed by atoms with Gasteiger partial charge in [-0.3, -0.25) is 15.0 Å². The van der Waals surface area contributed by atoms with Gasteiger partial charge in [0.05, 0.1) is 23.1 Å². The van der Waals surface area contributed by atoms with Crippen molar-refractivity contribution in [3.63, 3.8) is 0 Å². The molecule has 0 atom stereocenters. The number of nitrogens with one attached hydrogen (secondary N) is 2. The van der Waals surface area contributed by atoms with Crippen LogP contribution in [0.5, 0.6) is 0 Å². The molecule has 1 fully saturated rings. The minimum Gasteiger partial charge on any atom is -0.352 e. The monoisotopic (exact) mass is 425 g/mol. The van der Waals surface area contributed by atoms with Crippen molar-refractivity contribution in [3.8, 4) is 11.1 Å². The van der Waals surface area contributed by atoms with Crippen LogP contribution in [-0.4, -0.2) is 40.3 Å². The maximum atomic E-state index is 13.4. The summed E-state index contributed by atoms with van der Waals surface area (Å²) in [6, 6.07) is 11.0. The van der Waals surface area contributed by atoms with Gasteiger partial charge in [-0.05, 0) is 67.7 Å². The highest BCUT2D eigenvalue weighted by Crippen LogP contribution is 2.31. The highest BCUT2D eigenvalue weighted by molar-refractivity contribution is 6.15. The molecule has 2 aliphatic rings. The van der Waals surface area contributed by atoms with Crippen LogP contribution in [0.1, 0.15) is 41.3 Å². The number of rotatable bonds is 3. The highest BCUT2D eigenvalue weighted by atomic mass is 19.1. The van der Waals surface area contributed by atoms with Crippen molar-refractivity contribution in [2.24, 2.45) is 4.99 Å². The number of hydrogen-bond acceptors (Lipinski definition) is 4. The molecular formula is C26H24FN5. The Labute approximate surface area is 185 Å². The minimum atomic E-state index is -0.241. The summed E-state index contributed by atoms with van der Waals surface area (Å²) in [6.45, 7) is 2.85. The number of aliphatic imine (C=N–C) groups is 1. The molecule has 6 rings (SSSR count). The Morgan fingerprint density at radius 3 is 2.62 bits per heavy atom. The van der Waals surface area contributed by atoms with Gasteiger partial charge in [0.1, 0.15) is 5.82 Å². The lowest BCUT2D eigenvalue weighted by Crippen LogP contribution is -2.27. The van der Waals surface area contributed by atoms with Crippen LogP contribution in [-0.2, 0) is 6.42 Å². The zero-order chi connectivity index (χ0) is 21.5. The molecule has 0 spiro atoms. The molecule has 0 aliphatic carbocycles. The highest BCUT2D eigenvalue weighted by Gasteiger charge is 2.23. The van der Waals surface area contributed by atoms with Gasteiger partial charge in [0.25, 0.3) is 0 Å². The summed E-state index contributed by atoms with van der Waals surface area (Å²) in [5, 5.41) is 4.49. The number of pyridine rings is 2. The first-order valence-electron chi connectivity index (χ1n) is 11.2. The fourth-order valence-electron chi connectivity index (χ4n) is 4.90. The van der Waals surface area contributed by atoms with E-state index in [1.807, 2.05) is 12.4 Å². The van der Waals surface area contributed by atoms with Crippen molar-refractivity contribution in [3.05, 3.63) is 83.3 Å². The molecule has 5 nitrogen and oxygen atoms in total. The van der Waals surface area contributed by atoms with Crippen LogP contribution in [0.3, 0.4) is 0 Å². The maximum Gasteiger partial charge on any atom is 0.123 e. The van der Waals surface area contributed by atoms with E-state index in [0.29, 0.717) is 5.92 Å². The van der Waals surface area contributed by atoms with E-state index in [0.717, 1.165) is 72.3 Å². The third-order valence-corrected chi connectivity index (χ3v) is 6.63. The lowest BCUT2D eigenvalue weighted by Gasteiger charge is -2.24. The van der Waals surface area contributed by atoms with Crippen molar-refractivity contribution in [1.29, 1.82) is 0 Å². The normalized spacial score (nSPS) is 16.7. The first-order chi connectivity index (χ1) is 15.8. The van der Waals surface area contributed by atoms with E-state index in [1.54, 1.807) is 12.1 Å². The van der Waals surface area contributed by atoms with E-state index < -0.39 is 0 Å². The summed E-state index contributed by atoms with van der Waals surface area (Å²) in [6.07, 6.45) is 8.89. The molecule has 0 saturated carbocycles. The Balaban J connectivity index is 1.42. The van der Waals surface area contributed by atoms with Gasteiger partial charge in [0, 0.05) is 47.1 Å². The quantitative estimate of drug-likeness (QED) is 0.503. The molecule has 3 aromatic heterocycles. The summed E-state index contributed by atoms with van der Waals surface area (Å²) in [5.74, 6) is 0.261. The Morgan fingerprint density at radius 1 is 0.938 bits per heavy atom. The van der Waals surface area contributed by atoms with E-state index in [4.69, 9.17) is 9.98 Å². The van der Waals surface area contributed by atoms with E-state index in [-0.39, 0.29) is 5.82 Å². The minimum absolute atomic E-state index is 0.241. The van der Waals surface area contributed by atoms with E-state index in [9.17, 15) is 4.39 Å². The number of H-pyrrole nitrogens is 1. The van der Waals surface area contributed by atoms with Crippen molar-refractivity contribution >= 4 is 16.6 Å². The van der Waals surface area contributed by atoms with Crippen LogP contribution in [0.2, 0.25) is 0 Å². The average Bonchev–Trinajstić information content (AvgIpc) is 3.29. The lowest BCUT2D eigenvalue weighted by molar-refractivity contribution is 0.453. The Hall–Kier alpha value is -3.38. The van der Waals surface area contributed by atoms with Gasteiger partial charge in [-0.1, -0.05) is 12.1 Å². The molecule has 1 saturated heterocycles. The standard InChI is InChI=1S/C26H24FN5/c27-19-3-1-16(2-4-19)22-14-29-15-25-21(22)12-24(32-25)26-20-11-23(17-5-8-28-9-6-17)31-13-18(20)7-10-30-26/h1-4,11-15,17,28,32H,5-10H2. The van der Waals surface area contributed by atoms with Crippen molar-refractivity contribution in [2.45, 2.75) is 25.2 Å². The summed E-state index contributed by atoms with van der Waals surface area (Å²) < 4.78 is 13.4. The number of halogens is 1. The average molecular weight is 426 g/mol. The molecule has 2 aliphatic heterocycles. The second-order valence-corrected chi connectivity index (χ2v) is 8.61. The van der Waals surface area contributed by atoms with Gasteiger partial charge in [-0.25, -0.2) is 4.39 Å². The Kier molecular flexibility index (Phi) is 4.80. The zero-order valence-corrected chi connectivity index (χ0v) is 17.7. The van der Waals surface area contributed by atoms with Crippen LogP contribution >= 0.6 is 0 Å². The summed E-state index contributed by atoms with van der Waals surface area (Å²) in [5.41, 5.74) is 8.45. The third kappa shape index (κ3) is 3.41. The molecule has 2 N–H and O–H groups in total. The van der Waals surface area contributed by atoms with Crippen molar-refractivity contribution in [1.82, 2.24) is 20.3 Å². The number of piperidine rings is 1. The topological polar surface area (TPSA) is 66.0 Å². The third-order valence-electron chi connectivity index (χ3n) is 6.63. The van der Waals surface area contributed by atoms with E-state index in [2.05, 4.69) is 33.6 Å². The van der Waals surface area contributed by atoms with Crippen molar-refractivity contribution in [2.75, 3.05) is 19.6 Å². The maximum absolute atomic E-state index is 13.4. The molecule has 160 valence electrons. The molecule has 5 heterocycles. The van der Waals surface area contributed by atoms with Crippen molar-refractivity contribution < 1.29 is 4.39 Å². The number of hydrogen-bond donors (Lipinski definition) is 2. The van der Waals surface area contributed by atoms with E-state index in [1.165, 1.54) is 29.0 Å². The smallest absolute Gasteiger partial charge is 0.123 e. The number of aromatic amines is 1. The van der Waals surface area contributed by atoms with E-state index >= 15 is 0 Å². The fraction of sp³-hybridized carbons (Fsp3) is 0.269. The largest absolute Gasteiger partial charge is 0.352 e. The molecule has 0 bridgehead atoms. The molecular weight excluding hydrogens is 401 g/mol. The molecule has 4 aromatic rings. The Morgan fingerprint density at radius 2 is 1.78 bits per heavy atom. The van der Waals surface area contributed by atoms with Crippen LogP contribution in [0.15, 0.2) is 60.0 Å². The fourth-order valence-corrected chi connectivity index (χ4v) is 4.90. The molecule has 1 aromatic carbocycles. The first-order valence-corrected chi connectivity index (χ1v) is 11.2. The van der Waals surface area contributed by atoms with Gasteiger partial charge in [-0.2, -0.15) is 0 Å². The molecule has 32 heavy (non-hydrogen) atoms. The van der Waals surface area contributed by atoms with Crippen LogP contribution in [0.25, 0.3) is 22.0 Å².